The van der Waals surface area contributed by atoms with E-state index in [0.29, 0.717) is 0 Å². The minimum atomic E-state index is -1.94. The third-order valence-electron chi connectivity index (χ3n) is 10.7. The van der Waals surface area contributed by atoms with Crippen LogP contribution in [0.1, 0.15) is 73.2 Å². The molecule has 6 aromatic rings. The predicted octanol–water partition coefficient (Wildman–Crippen LogP) is 11.5. The van der Waals surface area contributed by atoms with Gasteiger partial charge in [-0.2, -0.15) is 0 Å². The summed E-state index contributed by atoms with van der Waals surface area (Å²) in [5, 5.41) is 0. The molecule has 53 heavy (non-hydrogen) atoms. The molecule has 0 radical (unpaired) electrons. The second-order valence-electron chi connectivity index (χ2n) is 14.4. The molecule has 2 unspecified atom stereocenters. The van der Waals surface area contributed by atoms with Gasteiger partial charge in [0.2, 0.25) is 0 Å². The third kappa shape index (κ3) is 6.46. The number of hydrogen-bond donors (Lipinski definition) is 0. The Morgan fingerprint density at radius 2 is 0.698 bits per heavy atom. The van der Waals surface area contributed by atoms with Gasteiger partial charge in [-0.3, -0.25) is 0 Å². The first-order valence-electron chi connectivity index (χ1n) is 18.5. The van der Waals surface area contributed by atoms with Gasteiger partial charge in [0, 0.05) is 12.1 Å². The molecule has 0 N–H and O–H groups in total. The highest BCUT2D eigenvalue weighted by atomic mass is 31.2. The van der Waals surface area contributed by atoms with Crippen LogP contribution in [0.2, 0.25) is 0 Å². The summed E-state index contributed by atoms with van der Waals surface area (Å²) in [7, 11) is -1.94. The molecule has 8 rings (SSSR count). The molecule has 268 valence electrons. The molecular weight excluding hydrogens is 673 g/mol. The Morgan fingerprint density at radius 1 is 0.434 bits per heavy atom. The van der Waals surface area contributed by atoms with E-state index >= 15 is 0 Å². The lowest BCUT2D eigenvalue weighted by molar-refractivity contribution is -0.175. The zero-order chi connectivity index (χ0) is 36.5. The zero-order valence-electron chi connectivity index (χ0n) is 30.7. The predicted molar refractivity (Wildman–Crippen MR) is 212 cm³/mol. The third-order valence-corrected chi connectivity index (χ3v) is 12.7. The van der Waals surface area contributed by atoms with Gasteiger partial charge in [-0.05, 0) is 61.1 Å². The Hall–Kier alpha value is -4.45. The smallest absolute Gasteiger partial charge is 0.262 e. The molecule has 0 bridgehead atoms. The van der Waals surface area contributed by atoms with Crippen molar-refractivity contribution in [1.29, 1.82) is 0 Å². The SMILES string of the molecule is C[C@H](c1ccccc1)N([C@H](C)c1ccccc1)P1OC(c2ccccc2)(c2ccccc2)C2OC(C)(C)OC2C(c2ccccc2)(c2ccccc2)O1. The molecule has 2 fully saturated rings. The molecule has 0 saturated carbocycles. The Labute approximate surface area is 315 Å². The second-order valence-corrected chi connectivity index (χ2v) is 15.7. The van der Waals surface area contributed by atoms with Crippen LogP contribution in [0.25, 0.3) is 0 Å². The van der Waals surface area contributed by atoms with Crippen LogP contribution in [-0.2, 0) is 29.7 Å². The van der Waals surface area contributed by atoms with Crippen molar-refractivity contribution in [3.8, 4) is 0 Å². The van der Waals surface area contributed by atoms with Gasteiger partial charge in [0.05, 0.1) is 0 Å². The minimum absolute atomic E-state index is 0.109. The van der Waals surface area contributed by atoms with Gasteiger partial charge in [-0.25, -0.2) is 4.67 Å². The van der Waals surface area contributed by atoms with E-state index in [1.165, 1.54) is 0 Å². The van der Waals surface area contributed by atoms with Crippen LogP contribution >= 0.6 is 8.53 Å². The quantitative estimate of drug-likeness (QED) is 0.139. The Morgan fingerprint density at radius 3 is 0.981 bits per heavy atom. The van der Waals surface area contributed by atoms with E-state index < -0.39 is 37.7 Å². The molecule has 6 heteroatoms. The first-order valence-corrected chi connectivity index (χ1v) is 19.6. The van der Waals surface area contributed by atoms with Crippen molar-refractivity contribution in [1.82, 2.24) is 4.67 Å². The monoisotopic (exact) mass is 719 g/mol. The van der Waals surface area contributed by atoms with Crippen LogP contribution in [0.5, 0.6) is 0 Å². The molecule has 4 atom stereocenters. The molecule has 2 aliphatic heterocycles. The Kier molecular flexibility index (Phi) is 9.91. The molecule has 0 amide bonds. The standard InChI is InChI=1S/C47H46NO4P/c1-35(37-23-11-5-12-24-37)48(36(2)38-25-13-6-14-26-38)53-51-46(39-27-15-7-16-28-39,40-29-17-8-18-30-40)43-44(50-45(3,4)49-43)47(52-53,41-31-19-9-20-32-41)42-33-21-10-22-34-42/h5-36,43-44H,1-4H3/t35-,36-,43?,44?,53?/m1/s1. The lowest BCUT2D eigenvalue weighted by Crippen LogP contribution is -2.53. The molecule has 6 aromatic carbocycles. The van der Waals surface area contributed by atoms with E-state index in [1.807, 2.05) is 38.1 Å². The summed E-state index contributed by atoms with van der Waals surface area (Å²) in [5.41, 5.74) is 3.90. The zero-order valence-corrected chi connectivity index (χ0v) is 31.6. The molecule has 0 aliphatic carbocycles. The fourth-order valence-corrected chi connectivity index (χ4v) is 10.3. The van der Waals surface area contributed by atoms with E-state index in [9.17, 15) is 0 Å². The summed E-state index contributed by atoms with van der Waals surface area (Å²) in [4.78, 5) is 0. The van der Waals surface area contributed by atoms with Gasteiger partial charge >= 0.3 is 0 Å². The van der Waals surface area contributed by atoms with Crippen molar-refractivity contribution >= 4 is 8.53 Å². The van der Waals surface area contributed by atoms with Gasteiger partial charge in [0.1, 0.15) is 12.2 Å². The van der Waals surface area contributed by atoms with Crippen molar-refractivity contribution in [2.45, 2.75) is 69.0 Å². The number of rotatable bonds is 9. The average Bonchev–Trinajstić information content (AvgIpc) is 3.50. The van der Waals surface area contributed by atoms with Gasteiger partial charge in [0.15, 0.2) is 17.0 Å². The van der Waals surface area contributed by atoms with Crippen molar-refractivity contribution in [2.24, 2.45) is 0 Å². The maximum absolute atomic E-state index is 7.99. The number of hydrogen-bond acceptors (Lipinski definition) is 5. The topological polar surface area (TPSA) is 40.2 Å². The van der Waals surface area contributed by atoms with Crippen molar-refractivity contribution < 1.29 is 18.5 Å². The lowest BCUT2D eigenvalue weighted by Gasteiger charge is -2.45. The van der Waals surface area contributed by atoms with E-state index in [2.05, 4.69) is 176 Å². The maximum Gasteiger partial charge on any atom is 0.262 e. The maximum atomic E-state index is 7.99. The molecule has 5 nitrogen and oxygen atoms in total. The Balaban J connectivity index is 1.47. The number of nitrogens with zero attached hydrogens (tertiary/aromatic N) is 1. The first kappa shape index (κ1) is 35.6. The van der Waals surface area contributed by atoms with E-state index in [-0.39, 0.29) is 12.1 Å². The summed E-state index contributed by atoms with van der Waals surface area (Å²) in [6.45, 7) is 8.50. The first-order chi connectivity index (χ1) is 25.8. The van der Waals surface area contributed by atoms with Crippen LogP contribution in [0.15, 0.2) is 182 Å². The summed E-state index contributed by atoms with van der Waals surface area (Å²) >= 11 is 0. The van der Waals surface area contributed by atoms with E-state index in [0.717, 1.165) is 33.4 Å². The van der Waals surface area contributed by atoms with E-state index in [4.69, 9.17) is 18.5 Å². The summed E-state index contributed by atoms with van der Waals surface area (Å²) < 4.78 is 32.9. The summed E-state index contributed by atoms with van der Waals surface area (Å²) in [6.07, 6.45) is -1.28. The lowest BCUT2D eigenvalue weighted by atomic mass is 9.72. The minimum Gasteiger partial charge on any atom is -0.341 e. The Bertz CT molecular complexity index is 1840. The largest absolute Gasteiger partial charge is 0.341 e. The van der Waals surface area contributed by atoms with Crippen LogP contribution in [-0.4, -0.2) is 22.7 Å². The summed E-state index contributed by atoms with van der Waals surface area (Å²) in [5.74, 6) is -0.958. The van der Waals surface area contributed by atoms with Crippen LogP contribution in [0, 0.1) is 0 Å². The van der Waals surface area contributed by atoms with Crippen molar-refractivity contribution in [3.63, 3.8) is 0 Å². The second kappa shape index (κ2) is 14.8. The van der Waals surface area contributed by atoms with Gasteiger partial charge in [0.25, 0.3) is 8.53 Å². The molecular formula is C47H46NO4P. The molecule has 2 heterocycles. The van der Waals surface area contributed by atoms with Crippen molar-refractivity contribution in [2.75, 3.05) is 0 Å². The number of ether oxygens (including phenoxy) is 2. The highest BCUT2D eigenvalue weighted by molar-refractivity contribution is 7.44. The van der Waals surface area contributed by atoms with Gasteiger partial charge in [-0.15, -0.1) is 0 Å². The summed E-state index contributed by atoms with van der Waals surface area (Å²) in [6, 6.07) is 63.1. The fourth-order valence-electron chi connectivity index (χ4n) is 8.15. The highest BCUT2D eigenvalue weighted by Gasteiger charge is 2.67. The van der Waals surface area contributed by atoms with Crippen LogP contribution in [0.4, 0.5) is 0 Å². The van der Waals surface area contributed by atoms with Crippen molar-refractivity contribution in [3.05, 3.63) is 215 Å². The molecule has 2 aliphatic rings. The highest BCUT2D eigenvalue weighted by Crippen LogP contribution is 2.68. The van der Waals surface area contributed by atoms with E-state index in [1.54, 1.807) is 0 Å². The van der Waals surface area contributed by atoms with Gasteiger partial charge in [-0.1, -0.05) is 182 Å². The molecule has 0 aromatic heterocycles. The number of benzene rings is 6. The molecule has 0 spiro atoms. The molecule has 2 saturated heterocycles. The van der Waals surface area contributed by atoms with Gasteiger partial charge < -0.3 is 18.5 Å². The van der Waals surface area contributed by atoms with Crippen LogP contribution < -0.4 is 0 Å². The number of fused-ring (bicyclic) bond motifs is 1. The van der Waals surface area contributed by atoms with Crippen LogP contribution in [0.3, 0.4) is 0 Å². The normalized spacial score (nSPS) is 22.7. The average molecular weight is 720 g/mol. The fraction of sp³-hybridized carbons (Fsp3) is 0.234.